The molecule has 1 aliphatic heterocycles. The van der Waals surface area contributed by atoms with E-state index in [9.17, 15) is 0 Å². The molecule has 0 aromatic heterocycles. The molecule has 1 aliphatic rings. The quantitative estimate of drug-likeness (QED) is 0.419. The van der Waals surface area contributed by atoms with Gasteiger partial charge in [0.15, 0.2) is 0 Å². The minimum absolute atomic E-state index is 0.391. The van der Waals surface area contributed by atoms with Gasteiger partial charge in [-0.1, -0.05) is 0 Å². The van der Waals surface area contributed by atoms with E-state index in [1.54, 1.807) is 0 Å². The van der Waals surface area contributed by atoms with E-state index in [2.05, 4.69) is 30.6 Å². The summed E-state index contributed by atoms with van der Waals surface area (Å²) < 4.78 is 0. The van der Waals surface area contributed by atoms with Gasteiger partial charge in [0, 0.05) is 0 Å². The lowest BCUT2D eigenvalue weighted by atomic mass is 10.4. The fraction of sp³-hybridized carbons (Fsp3) is 1.00. The van der Waals surface area contributed by atoms with Gasteiger partial charge < -0.3 is 0 Å². The molecule has 0 aromatic rings. The van der Waals surface area contributed by atoms with Crippen molar-refractivity contribution in [3.05, 3.63) is 0 Å². The summed E-state index contributed by atoms with van der Waals surface area (Å²) in [5.74, 6) is 0. The Bertz CT molecular complexity index is 58.7. The molecule has 7 heavy (non-hydrogen) atoms. The molecule has 0 aliphatic carbocycles. The van der Waals surface area contributed by atoms with Crippen molar-refractivity contribution < 1.29 is 0 Å². The second-order valence-corrected chi connectivity index (χ2v) is 3.02. The molecule has 1 heterocycles. The molecule has 0 amide bonds. The van der Waals surface area contributed by atoms with Crippen LogP contribution in [0.25, 0.3) is 0 Å². The predicted octanol–water partition coefficient (Wildman–Crippen LogP) is 0.882. The van der Waals surface area contributed by atoms with Gasteiger partial charge in [0.05, 0.1) is 10.7 Å². The van der Waals surface area contributed by atoms with E-state index in [1.165, 1.54) is 0 Å². The Balaban J connectivity index is 2.26. The van der Waals surface area contributed by atoms with E-state index in [-0.39, 0.29) is 0 Å². The van der Waals surface area contributed by atoms with Gasteiger partial charge in [-0.2, -0.15) is 25.3 Å². The highest BCUT2D eigenvalue weighted by atomic mass is 32.1. The van der Waals surface area contributed by atoms with E-state index in [0.717, 1.165) is 12.8 Å². The second-order valence-electron chi connectivity index (χ2n) is 1.78. The highest BCUT2D eigenvalue weighted by Crippen LogP contribution is 2.16. The average Bonchev–Trinajstić information content (AvgIpc) is 1.87. The molecule has 1 fully saturated rings. The third kappa shape index (κ3) is 1.55. The number of hydrogen-bond donors (Lipinski definition) is 3. The topological polar surface area (TPSA) is 12.0 Å². The number of rotatable bonds is 0. The highest BCUT2D eigenvalue weighted by Gasteiger charge is 2.15. The van der Waals surface area contributed by atoms with E-state index in [1.807, 2.05) is 0 Å². The van der Waals surface area contributed by atoms with Crippen molar-refractivity contribution in [2.45, 2.75) is 23.6 Å². The summed E-state index contributed by atoms with van der Waals surface area (Å²) in [7, 11) is 0. The summed E-state index contributed by atoms with van der Waals surface area (Å²) in [5, 5.41) is 3.93. The largest absolute Gasteiger partial charge is 0.294 e. The molecule has 2 atom stereocenters. The van der Waals surface area contributed by atoms with Gasteiger partial charge in [-0.25, -0.2) is 0 Å². The molecule has 42 valence electrons. The van der Waals surface area contributed by atoms with Gasteiger partial charge in [0.2, 0.25) is 0 Å². The number of hydrogen-bond acceptors (Lipinski definition) is 3. The van der Waals surface area contributed by atoms with Gasteiger partial charge >= 0.3 is 0 Å². The first-order valence-electron chi connectivity index (χ1n) is 2.41. The van der Waals surface area contributed by atoms with Crippen LogP contribution in [-0.2, 0) is 0 Å². The van der Waals surface area contributed by atoms with Crippen LogP contribution in [0, 0.1) is 0 Å². The normalized spacial score (nSPS) is 42.0. The van der Waals surface area contributed by atoms with Crippen molar-refractivity contribution in [3.63, 3.8) is 0 Å². The molecule has 1 rings (SSSR count). The summed E-state index contributed by atoms with van der Waals surface area (Å²) >= 11 is 8.38. The average molecular weight is 135 g/mol. The second kappa shape index (κ2) is 2.29. The third-order valence-electron chi connectivity index (χ3n) is 1.10. The van der Waals surface area contributed by atoms with Crippen molar-refractivity contribution in [1.82, 2.24) is 5.32 Å². The van der Waals surface area contributed by atoms with Crippen LogP contribution in [0.2, 0.25) is 0 Å². The standard InChI is InChI=1S/C4H9NS2/c6-3-1-2-4(7)5-3/h3-7H,1-2H2/t3-,4-/m1/s1. The minimum Gasteiger partial charge on any atom is -0.294 e. The van der Waals surface area contributed by atoms with Crippen LogP contribution in [0.1, 0.15) is 12.8 Å². The first kappa shape index (κ1) is 5.79. The number of nitrogens with one attached hydrogen (secondary N) is 1. The van der Waals surface area contributed by atoms with Crippen LogP contribution >= 0.6 is 25.3 Å². The Hall–Kier alpha value is 0.660. The molecular formula is C4H9NS2. The lowest BCUT2D eigenvalue weighted by Gasteiger charge is -2.00. The maximum atomic E-state index is 4.19. The lowest BCUT2D eigenvalue weighted by molar-refractivity contribution is 0.781. The summed E-state index contributed by atoms with van der Waals surface area (Å²) in [6, 6.07) is 0. The van der Waals surface area contributed by atoms with Crippen LogP contribution in [0.15, 0.2) is 0 Å². The first-order chi connectivity index (χ1) is 3.29. The Labute approximate surface area is 54.7 Å². The molecule has 0 unspecified atom stereocenters. The molecule has 0 radical (unpaired) electrons. The molecule has 1 nitrogen and oxygen atoms in total. The van der Waals surface area contributed by atoms with Crippen LogP contribution in [0.3, 0.4) is 0 Å². The van der Waals surface area contributed by atoms with Gasteiger partial charge in [-0.3, -0.25) is 5.32 Å². The predicted molar refractivity (Wildman–Crippen MR) is 37.9 cm³/mol. The van der Waals surface area contributed by atoms with E-state index < -0.39 is 0 Å². The van der Waals surface area contributed by atoms with Gasteiger partial charge in [0.25, 0.3) is 0 Å². The Kier molecular flexibility index (Phi) is 1.89. The molecular weight excluding hydrogens is 126 g/mol. The summed E-state index contributed by atoms with van der Waals surface area (Å²) in [6.07, 6.45) is 2.30. The lowest BCUT2D eigenvalue weighted by Crippen LogP contribution is -2.20. The fourth-order valence-electron chi connectivity index (χ4n) is 0.704. The summed E-state index contributed by atoms with van der Waals surface area (Å²) in [6.45, 7) is 0. The minimum atomic E-state index is 0.391. The van der Waals surface area contributed by atoms with Crippen molar-refractivity contribution >= 4 is 25.3 Å². The molecule has 1 N–H and O–H groups in total. The van der Waals surface area contributed by atoms with E-state index in [4.69, 9.17) is 0 Å². The Morgan fingerprint density at radius 2 is 1.57 bits per heavy atom. The summed E-state index contributed by atoms with van der Waals surface area (Å²) in [5.41, 5.74) is 0. The van der Waals surface area contributed by atoms with Gasteiger partial charge in [-0.05, 0) is 12.8 Å². The van der Waals surface area contributed by atoms with Crippen molar-refractivity contribution in [2.75, 3.05) is 0 Å². The molecule has 0 bridgehead atoms. The maximum absolute atomic E-state index is 4.19. The van der Waals surface area contributed by atoms with Gasteiger partial charge in [0.1, 0.15) is 0 Å². The molecule has 0 saturated carbocycles. The zero-order valence-corrected chi connectivity index (χ0v) is 5.75. The van der Waals surface area contributed by atoms with Crippen LogP contribution in [-0.4, -0.2) is 10.7 Å². The van der Waals surface area contributed by atoms with Crippen molar-refractivity contribution in [1.29, 1.82) is 0 Å². The van der Waals surface area contributed by atoms with Crippen LogP contribution < -0.4 is 5.32 Å². The fourth-order valence-corrected chi connectivity index (χ4v) is 1.48. The zero-order chi connectivity index (χ0) is 5.28. The number of thiol groups is 2. The van der Waals surface area contributed by atoms with Gasteiger partial charge in [-0.15, -0.1) is 0 Å². The molecule has 0 aromatic carbocycles. The zero-order valence-electron chi connectivity index (χ0n) is 3.96. The Morgan fingerprint density at radius 3 is 1.71 bits per heavy atom. The smallest absolute Gasteiger partial charge is 0.0511 e. The molecule has 0 spiro atoms. The monoisotopic (exact) mass is 135 g/mol. The van der Waals surface area contributed by atoms with Crippen molar-refractivity contribution in [2.24, 2.45) is 0 Å². The van der Waals surface area contributed by atoms with Crippen LogP contribution in [0.4, 0.5) is 0 Å². The molecule has 3 heteroatoms. The SMILES string of the molecule is S[C@@H]1CC[C@@H](S)N1. The first-order valence-corrected chi connectivity index (χ1v) is 3.44. The Morgan fingerprint density at radius 1 is 1.14 bits per heavy atom. The molecule has 1 saturated heterocycles. The van der Waals surface area contributed by atoms with Crippen molar-refractivity contribution in [3.8, 4) is 0 Å². The third-order valence-corrected chi connectivity index (χ3v) is 1.91. The van der Waals surface area contributed by atoms with Crippen LogP contribution in [0.5, 0.6) is 0 Å². The summed E-state index contributed by atoms with van der Waals surface area (Å²) in [4.78, 5) is 0. The maximum Gasteiger partial charge on any atom is 0.0511 e. The van der Waals surface area contributed by atoms with E-state index in [0.29, 0.717) is 10.7 Å². The highest BCUT2D eigenvalue weighted by molar-refractivity contribution is 7.82. The van der Waals surface area contributed by atoms with E-state index >= 15 is 0 Å².